The molecule has 2 aromatic carbocycles. The molecule has 0 bridgehead atoms. The van der Waals surface area contributed by atoms with Crippen LogP contribution in [0.15, 0.2) is 48.5 Å². The molecule has 0 fully saturated rings. The van der Waals surface area contributed by atoms with Crippen LogP contribution in [-0.2, 0) is 9.53 Å². The minimum Gasteiger partial charge on any atom is -0.493 e. The van der Waals surface area contributed by atoms with Crippen molar-refractivity contribution in [2.24, 2.45) is 0 Å². The molecule has 5 nitrogen and oxygen atoms in total. The van der Waals surface area contributed by atoms with Crippen LogP contribution >= 0.6 is 11.6 Å². The number of esters is 1. The number of carbonyl (C=O) groups excluding carboxylic acids is 2. The number of carbonyl (C=O) groups is 2. The number of rotatable bonds is 8. The van der Waals surface area contributed by atoms with Crippen LogP contribution in [0.2, 0.25) is 5.02 Å². The Balaban J connectivity index is 2.00. The molecule has 2 rings (SSSR count). The molecule has 0 aliphatic carbocycles. The highest BCUT2D eigenvalue weighted by molar-refractivity contribution is 6.30. The summed E-state index contributed by atoms with van der Waals surface area (Å²) in [5.74, 6) is 0.286. The van der Waals surface area contributed by atoms with Crippen LogP contribution in [0.4, 0.5) is 0 Å². The molecule has 27 heavy (non-hydrogen) atoms. The molecule has 0 aromatic heterocycles. The van der Waals surface area contributed by atoms with Gasteiger partial charge in [0.25, 0.3) is 0 Å². The molecule has 142 valence electrons. The number of hydrogen-bond acceptors (Lipinski definition) is 5. The largest absolute Gasteiger partial charge is 0.493 e. The Kier molecular flexibility index (Phi) is 7.44. The molecule has 0 spiro atoms. The third-order valence-electron chi connectivity index (χ3n) is 3.69. The molecular weight excluding hydrogens is 368 g/mol. The second-order valence-electron chi connectivity index (χ2n) is 5.63. The quantitative estimate of drug-likeness (QED) is 0.376. The third kappa shape index (κ3) is 5.86. The maximum absolute atomic E-state index is 12.3. The zero-order valence-corrected chi connectivity index (χ0v) is 16.2. The summed E-state index contributed by atoms with van der Waals surface area (Å²) in [5, 5.41) is 0.532. The van der Waals surface area contributed by atoms with Gasteiger partial charge in [0.05, 0.1) is 13.7 Å². The average Bonchev–Trinajstić information content (AvgIpc) is 2.67. The fraction of sp³-hybridized carbons (Fsp3) is 0.238. The van der Waals surface area contributed by atoms with E-state index in [1.807, 2.05) is 6.92 Å². The molecular formula is C21H21ClO5. The highest BCUT2D eigenvalue weighted by atomic mass is 35.5. The van der Waals surface area contributed by atoms with Gasteiger partial charge < -0.3 is 14.2 Å². The Bertz CT molecular complexity index is 827. The van der Waals surface area contributed by atoms with E-state index in [1.54, 1.807) is 55.7 Å². The van der Waals surface area contributed by atoms with Crippen molar-refractivity contribution in [3.05, 3.63) is 64.7 Å². The Morgan fingerprint density at radius 1 is 1.11 bits per heavy atom. The van der Waals surface area contributed by atoms with Gasteiger partial charge in [-0.3, -0.25) is 4.79 Å². The molecule has 0 aliphatic rings. The van der Waals surface area contributed by atoms with E-state index >= 15 is 0 Å². The number of hydrogen-bond donors (Lipinski definition) is 0. The van der Waals surface area contributed by atoms with Crippen molar-refractivity contribution in [2.45, 2.75) is 20.0 Å². The van der Waals surface area contributed by atoms with Gasteiger partial charge in [-0.1, -0.05) is 17.7 Å². The molecule has 0 saturated heterocycles. The summed E-state index contributed by atoms with van der Waals surface area (Å²) in [7, 11) is 1.55. The molecule has 0 unspecified atom stereocenters. The van der Waals surface area contributed by atoms with Crippen molar-refractivity contribution in [3.8, 4) is 11.5 Å². The first-order valence-corrected chi connectivity index (χ1v) is 8.81. The Hall–Kier alpha value is -2.79. The van der Waals surface area contributed by atoms with Crippen LogP contribution in [0, 0.1) is 0 Å². The highest BCUT2D eigenvalue weighted by Gasteiger charge is 2.18. The SMILES string of the molecule is CCOc1ccc(/C=C/C(=O)O[C@@H](C)C(=O)c2ccc(Cl)cc2)cc1OC. The normalized spacial score (nSPS) is 11.9. The molecule has 6 heteroatoms. The number of ketones is 1. The maximum Gasteiger partial charge on any atom is 0.331 e. The summed E-state index contributed by atoms with van der Waals surface area (Å²) in [5.41, 5.74) is 1.17. The number of ether oxygens (including phenoxy) is 3. The van der Waals surface area contributed by atoms with Crippen LogP contribution < -0.4 is 9.47 Å². The lowest BCUT2D eigenvalue weighted by atomic mass is 10.1. The van der Waals surface area contributed by atoms with Gasteiger partial charge in [0, 0.05) is 16.7 Å². The summed E-state index contributed by atoms with van der Waals surface area (Å²) in [6.45, 7) is 3.94. The van der Waals surface area contributed by atoms with E-state index in [0.717, 1.165) is 5.56 Å². The highest BCUT2D eigenvalue weighted by Crippen LogP contribution is 2.28. The lowest BCUT2D eigenvalue weighted by Gasteiger charge is -2.11. The monoisotopic (exact) mass is 388 g/mol. The molecule has 0 amide bonds. The van der Waals surface area contributed by atoms with Gasteiger partial charge in [0.15, 0.2) is 17.6 Å². The van der Waals surface area contributed by atoms with Crippen molar-refractivity contribution in [1.82, 2.24) is 0 Å². The second-order valence-corrected chi connectivity index (χ2v) is 6.06. The summed E-state index contributed by atoms with van der Waals surface area (Å²) >= 11 is 5.81. The molecule has 0 N–H and O–H groups in total. The van der Waals surface area contributed by atoms with Crippen LogP contribution in [0.3, 0.4) is 0 Å². The fourth-order valence-electron chi connectivity index (χ4n) is 2.34. The Morgan fingerprint density at radius 2 is 1.81 bits per heavy atom. The topological polar surface area (TPSA) is 61.8 Å². The smallest absolute Gasteiger partial charge is 0.331 e. The van der Waals surface area contributed by atoms with Crippen molar-refractivity contribution >= 4 is 29.4 Å². The van der Waals surface area contributed by atoms with Gasteiger partial charge in [-0.25, -0.2) is 4.79 Å². The molecule has 1 atom stereocenters. The number of methoxy groups -OCH3 is 1. The summed E-state index contributed by atoms with van der Waals surface area (Å²) in [6.07, 6.45) is 1.94. The van der Waals surface area contributed by atoms with Gasteiger partial charge in [0.1, 0.15) is 0 Å². The molecule has 2 aromatic rings. The summed E-state index contributed by atoms with van der Waals surface area (Å²) in [4.78, 5) is 24.3. The predicted molar refractivity (Wildman–Crippen MR) is 105 cm³/mol. The van der Waals surface area contributed by atoms with E-state index in [-0.39, 0.29) is 5.78 Å². The van der Waals surface area contributed by atoms with Crippen LogP contribution in [0.1, 0.15) is 29.8 Å². The Morgan fingerprint density at radius 3 is 2.44 bits per heavy atom. The van der Waals surface area contributed by atoms with Gasteiger partial charge in [-0.05, 0) is 61.9 Å². The predicted octanol–water partition coefficient (Wildman–Crippen LogP) is 4.58. The number of halogens is 1. The molecule has 0 saturated carbocycles. The fourth-order valence-corrected chi connectivity index (χ4v) is 2.47. The summed E-state index contributed by atoms with van der Waals surface area (Å²) in [6, 6.07) is 11.7. The van der Waals surface area contributed by atoms with E-state index in [2.05, 4.69) is 0 Å². The number of Topliss-reactive ketones (excluding diaryl/α,β-unsaturated/α-hetero) is 1. The van der Waals surface area contributed by atoms with E-state index < -0.39 is 12.1 Å². The number of benzene rings is 2. The van der Waals surface area contributed by atoms with Crippen molar-refractivity contribution < 1.29 is 23.8 Å². The van der Waals surface area contributed by atoms with Gasteiger partial charge in [-0.2, -0.15) is 0 Å². The van der Waals surface area contributed by atoms with Crippen molar-refractivity contribution in [2.75, 3.05) is 13.7 Å². The van der Waals surface area contributed by atoms with Crippen LogP contribution in [0.25, 0.3) is 6.08 Å². The molecule has 0 radical (unpaired) electrons. The first-order valence-electron chi connectivity index (χ1n) is 8.44. The van der Waals surface area contributed by atoms with Gasteiger partial charge >= 0.3 is 5.97 Å². The van der Waals surface area contributed by atoms with Gasteiger partial charge in [0.2, 0.25) is 5.78 Å². The zero-order chi connectivity index (χ0) is 19.8. The second kappa shape index (κ2) is 9.78. The Labute approximate surface area is 163 Å². The third-order valence-corrected chi connectivity index (χ3v) is 3.94. The maximum atomic E-state index is 12.3. The van der Waals surface area contributed by atoms with Crippen LogP contribution in [-0.4, -0.2) is 31.6 Å². The summed E-state index contributed by atoms with van der Waals surface area (Å²) < 4.78 is 15.9. The van der Waals surface area contributed by atoms with Crippen LogP contribution in [0.5, 0.6) is 11.5 Å². The van der Waals surface area contributed by atoms with E-state index in [4.69, 9.17) is 25.8 Å². The lowest BCUT2D eigenvalue weighted by Crippen LogP contribution is -2.23. The van der Waals surface area contributed by atoms with E-state index in [1.165, 1.54) is 13.0 Å². The average molecular weight is 389 g/mol. The lowest BCUT2D eigenvalue weighted by molar-refractivity contribution is -0.140. The molecule has 0 aliphatic heterocycles. The standard InChI is InChI=1S/C21H21ClO5/c1-4-26-18-11-5-15(13-19(18)25-3)6-12-20(23)27-14(2)21(24)16-7-9-17(22)10-8-16/h5-14H,4H2,1-3H3/b12-6+/t14-/m0/s1. The minimum atomic E-state index is -0.904. The van der Waals surface area contributed by atoms with Crippen molar-refractivity contribution in [3.63, 3.8) is 0 Å². The first-order chi connectivity index (χ1) is 12.9. The molecule has 0 heterocycles. The minimum absolute atomic E-state index is 0.295. The van der Waals surface area contributed by atoms with Gasteiger partial charge in [-0.15, -0.1) is 0 Å². The van der Waals surface area contributed by atoms with E-state index in [0.29, 0.717) is 28.7 Å². The first kappa shape index (κ1) is 20.5. The zero-order valence-electron chi connectivity index (χ0n) is 15.4. The van der Waals surface area contributed by atoms with E-state index in [9.17, 15) is 9.59 Å². The van der Waals surface area contributed by atoms with Crippen molar-refractivity contribution in [1.29, 1.82) is 0 Å².